The minimum atomic E-state index is 0.319. The summed E-state index contributed by atoms with van der Waals surface area (Å²) >= 11 is 0. The van der Waals surface area contributed by atoms with Gasteiger partial charge in [-0.2, -0.15) is 0 Å². The molecule has 2 fully saturated rings. The molecule has 3 aliphatic rings. The molecule has 1 unspecified atom stereocenters. The van der Waals surface area contributed by atoms with Crippen LogP contribution in [-0.2, 0) is 5.41 Å². The third kappa shape index (κ3) is 1.73. The van der Waals surface area contributed by atoms with Crippen molar-refractivity contribution < 1.29 is 0 Å². The summed E-state index contributed by atoms with van der Waals surface area (Å²) in [4.78, 5) is 5.05. The second-order valence-corrected chi connectivity index (χ2v) is 6.19. The van der Waals surface area contributed by atoms with E-state index in [1.54, 1.807) is 5.57 Å². The smallest absolute Gasteiger partial charge is 0.0485 e. The van der Waals surface area contributed by atoms with Crippen LogP contribution in [0.3, 0.4) is 0 Å². The van der Waals surface area contributed by atoms with Crippen LogP contribution < -0.4 is 4.90 Å². The Morgan fingerprint density at radius 1 is 1.11 bits per heavy atom. The Morgan fingerprint density at radius 3 is 2.47 bits per heavy atom. The number of hydrogen-bond donors (Lipinski definition) is 0. The van der Waals surface area contributed by atoms with Crippen molar-refractivity contribution in [3.05, 3.63) is 41.5 Å². The monoisotopic (exact) mass is 254 g/mol. The molecule has 2 saturated heterocycles. The van der Waals surface area contributed by atoms with Gasteiger partial charge in [0.1, 0.15) is 0 Å². The average Bonchev–Trinajstić information content (AvgIpc) is 2.89. The third-order valence-corrected chi connectivity index (χ3v) is 5.08. The predicted octanol–water partition coefficient (Wildman–Crippen LogP) is 2.80. The van der Waals surface area contributed by atoms with Crippen molar-refractivity contribution in [2.75, 3.05) is 37.6 Å². The van der Waals surface area contributed by atoms with Gasteiger partial charge in [-0.25, -0.2) is 0 Å². The Balaban J connectivity index is 1.54. The van der Waals surface area contributed by atoms with Gasteiger partial charge in [-0.1, -0.05) is 25.1 Å². The molecule has 2 nitrogen and oxygen atoms in total. The number of anilines is 1. The summed E-state index contributed by atoms with van der Waals surface area (Å²) in [5.74, 6) is 0. The van der Waals surface area contributed by atoms with Crippen LogP contribution in [-0.4, -0.2) is 37.6 Å². The zero-order valence-corrected chi connectivity index (χ0v) is 11.7. The van der Waals surface area contributed by atoms with E-state index in [4.69, 9.17) is 0 Å². The second kappa shape index (κ2) is 4.11. The molecule has 2 aliphatic heterocycles. The molecule has 0 saturated carbocycles. The summed E-state index contributed by atoms with van der Waals surface area (Å²) in [7, 11) is 0. The lowest BCUT2D eigenvalue weighted by Crippen LogP contribution is -2.26. The molecule has 19 heavy (non-hydrogen) atoms. The average molecular weight is 254 g/mol. The summed E-state index contributed by atoms with van der Waals surface area (Å²) in [6.07, 6.45) is 5.18. The first-order chi connectivity index (χ1) is 9.32. The molecule has 2 heteroatoms. The van der Waals surface area contributed by atoms with E-state index in [0.29, 0.717) is 5.41 Å². The van der Waals surface area contributed by atoms with Crippen LogP contribution in [0.2, 0.25) is 0 Å². The van der Waals surface area contributed by atoms with Gasteiger partial charge in [0, 0.05) is 37.3 Å². The summed E-state index contributed by atoms with van der Waals surface area (Å²) in [6, 6.07) is 9.37. The van der Waals surface area contributed by atoms with Gasteiger partial charge in [0.05, 0.1) is 0 Å². The number of likely N-dealkylation sites (tertiary alicyclic amines) is 1. The molecule has 0 aromatic heterocycles. The van der Waals surface area contributed by atoms with Gasteiger partial charge in [-0.15, -0.1) is 0 Å². The highest BCUT2D eigenvalue weighted by Gasteiger charge is 2.51. The molecule has 100 valence electrons. The second-order valence-electron chi connectivity index (χ2n) is 6.19. The number of benzene rings is 1. The van der Waals surface area contributed by atoms with Crippen LogP contribution in [0.4, 0.5) is 5.69 Å². The standard InChI is InChI=1S/C17H22N2/c1-2-18-12-15-11-17(15,13-18)14-5-7-16(8-6-14)19-9-3-4-10-19/h5-8,11H,2-4,9-10,12-13H2,1H3. The highest BCUT2D eigenvalue weighted by Crippen LogP contribution is 2.52. The van der Waals surface area contributed by atoms with Gasteiger partial charge >= 0.3 is 0 Å². The first-order valence-corrected chi connectivity index (χ1v) is 7.62. The van der Waals surface area contributed by atoms with Gasteiger partial charge in [-0.05, 0) is 42.7 Å². The lowest BCUT2D eigenvalue weighted by Gasteiger charge is -2.21. The Kier molecular flexibility index (Phi) is 2.49. The highest BCUT2D eigenvalue weighted by molar-refractivity contribution is 5.61. The van der Waals surface area contributed by atoms with Gasteiger partial charge in [-0.3, -0.25) is 4.90 Å². The molecule has 4 rings (SSSR count). The molecule has 1 aromatic carbocycles. The summed E-state index contributed by atoms with van der Waals surface area (Å²) in [5.41, 5.74) is 4.87. The minimum absolute atomic E-state index is 0.319. The largest absolute Gasteiger partial charge is 0.372 e. The van der Waals surface area contributed by atoms with Gasteiger partial charge in [0.2, 0.25) is 0 Å². The quantitative estimate of drug-likeness (QED) is 0.765. The van der Waals surface area contributed by atoms with Crippen LogP contribution in [0.1, 0.15) is 25.3 Å². The summed E-state index contributed by atoms with van der Waals surface area (Å²) in [5, 5.41) is 0. The maximum absolute atomic E-state index is 2.55. The van der Waals surface area contributed by atoms with Crippen molar-refractivity contribution in [1.29, 1.82) is 0 Å². The molecule has 0 radical (unpaired) electrons. The zero-order valence-electron chi connectivity index (χ0n) is 11.7. The number of fused-ring (bicyclic) bond motifs is 1. The van der Waals surface area contributed by atoms with E-state index in [-0.39, 0.29) is 0 Å². The van der Waals surface area contributed by atoms with Crippen LogP contribution in [0, 0.1) is 0 Å². The molecule has 1 aromatic rings. The maximum Gasteiger partial charge on any atom is 0.0485 e. The Morgan fingerprint density at radius 2 is 1.84 bits per heavy atom. The van der Waals surface area contributed by atoms with E-state index in [9.17, 15) is 0 Å². The minimum Gasteiger partial charge on any atom is -0.372 e. The molecular weight excluding hydrogens is 232 g/mol. The van der Waals surface area contributed by atoms with Gasteiger partial charge in [0.25, 0.3) is 0 Å². The van der Waals surface area contributed by atoms with Crippen molar-refractivity contribution in [1.82, 2.24) is 4.90 Å². The molecule has 0 bridgehead atoms. The Labute approximate surface area is 115 Å². The molecule has 0 N–H and O–H groups in total. The number of likely N-dealkylation sites (N-methyl/N-ethyl adjacent to an activating group) is 1. The lowest BCUT2D eigenvalue weighted by atomic mass is 9.92. The molecule has 0 amide bonds. The normalized spacial score (nSPS) is 29.5. The molecular formula is C17H22N2. The van der Waals surface area contributed by atoms with Crippen LogP contribution >= 0.6 is 0 Å². The maximum atomic E-state index is 2.55. The fourth-order valence-corrected chi connectivity index (χ4v) is 3.77. The third-order valence-electron chi connectivity index (χ3n) is 5.08. The van der Waals surface area contributed by atoms with E-state index in [1.165, 1.54) is 56.8 Å². The van der Waals surface area contributed by atoms with Crippen LogP contribution in [0.15, 0.2) is 35.9 Å². The highest BCUT2D eigenvalue weighted by atomic mass is 15.2. The SMILES string of the molecule is CCN1CC2=CC2(c2ccc(N3CCCC3)cc2)C1. The number of rotatable bonds is 3. The van der Waals surface area contributed by atoms with Crippen molar-refractivity contribution in [2.45, 2.75) is 25.2 Å². The molecule has 0 spiro atoms. The van der Waals surface area contributed by atoms with Gasteiger partial charge in [0.15, 0.2) is 0 Å². The summed E-state index contributed by atoms with van der Waals surface area (Å²) < 4.78 is 0. The Bertz CT molecular complexity index is 511. The van der Waals surface area contributed by atoms with Crippen molar-refractivity contribution in [2.24, 2.45) is 0 Å². The molecule has 2 heterocycles. The van der Waals surface area contributed by atoms with E-state index in [2.05, 4.69) is 47.1 Å². The van der Waals surface area contributed by atoms with E-state index in [1.807, 2.05) is 0 Å². The zero-order chi connectivity index (χ0) is 12.9. The topological polar surface area (TPSA) is 6.48 Å². The molecule has 1 atom stereocenters. The fraction of sp³-hybridized carbons (Fsp3) is 0.529. The summed E-state index contributed by atoms with van der Waals surface area (Å²) in [6.45, 7) is 8.28. The fourth-order valence-electron chi connectivity index (χ4n) is 3.77. The van der Waals surface area contributed by atoms with Crippen LogP contribution in [0.25, 0.3) is 0 Å². The van der Waals surface area contributed by atoms with E-state index in [0.717, 1.165) is 0 Å². The van der Waals surface area contributed by atoms with Crippen LogP contribution in [0.5, 0.6) is 0 Å². The Hall–Kier alpha value is -1.28. The lowest BCUT2D eigenvalue weighted by molar-refractivity contribution is 0.340. The van der Waals surface area contributed by atoms with E-state index < -0.39 is 0 Å². The van der Waals surface area contributed by atoms with Gasteiger partial charge < -0.3 is 4.90 Å². The predicted molar refractivity (Wildman–Crippen MR) is 79.8 cm³/mol. The number of nitrogens with zero attached hydrogens (tertiary/aromatic N) is 2. The number of hydrogen-bond acceptors (Lipinski definition) is 2. The van der Waals surface area contributed by atoms with Crippen molar-refractivity contribution >= 4 is 5.69 Å². The molecule has 1 aliphatic carbocycles. The first-order valence-electron chi connectivity index (χ1n) is 7.62. The van der Waals surface area contributed by atoms with Crippen molar-refractivity contribution in [3.8, 4) is 0 Å². The first kappa shape index (κ1) is 11.5. The van der Waals surface area contributed by atoms with Crippen molar-refractivity contribution in [3.63, 3.8) is 0 Å². The van der Waals surface area contributed by atoms with E-state index >= 15 is 0 Å².